The lowest BCUT2D eigenvalue weighted by Gasteiger charge is -2.28. The van der Waals surface area contributed by atoms with Gasteiger partial charge in [0.15, 0.2) is 5.78 Å². The van der Waals surface area contributed by atoms with Gasteiger partial charge in [-0.25, -0.2) is 0 Å². The lowest BCUT2D eigenvalue weighted by atomic mass is 9.75. The Bertz CT molecular complexity index is 850. The fourth-order valence-electron chi connectivity index (χ4n) is 3.40. The Kier molecular flexibility index (Phi) is 5.64. The van der Waals surface area contributed by atoms with Crippen LogP contribution in [0.2, 0.25) is 0 Å². The SMILES string of the molecule is CCOC(=O)[C@@H]1C(=O)C=C(c2ccc(OC)cc2OC)C[C@@H]1c1ccco1. The molecule has 0 bridgehead atoms. The molecular formula is C21H22O6. The van der Waals surface area contributed by atoms with Gasteiger partial charge in [-0.3, -0.25) is 9.59 Å². The number of carbonyl (C=O) groups excluding carboxylic acids is 2. The van der Waals surface area contributed by atoms with Crippen molar-refractivity contribution >= 4 is 17.3 Å². The van der Waals surface area contributed by atoms with Crippen LogP contribution in [-0.4, -0.2) is 32.6 Å². The summed E-state index contributed by atoms with van der Waals surface area (Å²) in [5, 5.41) is 0. The second-order valence-corrected chi connectivity index (χ2v) is 6.19. The first kappa shape index (κ1) is 18.8. The molecule has 1 aliphatic rings. The van der Waals surface area contributed by atoms with Gasteiger partial charge < -0.3 is 18.6 Å². The second kappa shape index (κ2) is 8.12. The average Bonchev–Trinajstić information content (AvgIpc) is 3.21. The number of carbonyl (C=O) groups is 2. The summed E-state index contributed by atoms with van der Waals surface area (Å²) in [6.45, 7) is 1.94. The summed E-state index contributed by atoms with van der Waals surface area (Å²) in [5.74, 6) is -0.330. The minimum absolute atomic E-state index is 0.219. The van der Waals surface area contributed by atoms with E-state index in [-0.39, 0.29) is 12.4 Å². The van der Waals surface area contributed by atoms with Gasteiger partial charge in [0.25, 0.3) is 0 Å². The number of hydrogen-bond donors (Lipinski definition) is 0. The van der Waals surface area contributed by atoms with E-state index >= 15 is 0 Å². The van der Waals surface area contributed by atoms with Crippen LogP contribution in [0.15, 0.2) is 47.1 Å². The lowest BCUT2D eigenvalue weighted by Crippen LogP contribution is -2.33. The van der Waals surface area contributed by atoms with E-state index in [2.05, 4.69) is 0 Å². The molecule has 0 amide bonds. The van der Waals surface area contributed by atoms with Crippen molar-refractivity contribution in [1.29, 1.82) is 0 Å². The van der Waals surface area contributed by atoms with E-state index in [0.29, 0.717) is 23.7 Å². The summed E-state index contributed by atoms with van der Waals surface area (Å²) in [6, 6.07) is 8.94. The number of ether oxygens (including phenoxy) is 3. The third kappa shape index (κ3) is 3.74. The number of benzene rings is 1. The van der Waals surface area contributed by atoms with Crippen molar-refractivity contribution in [3.05, 3.63) is 54.0 Å². The van der Waals surface area contributed by atoms with Gasteiger partial charge in [0, 0.05) is 17.5 Å². The number of allylic oxidation sites excluding steroid dienone is 2. The second-order valence-electron chi connectivity index (χ2n) is 6.19. The summed E-state index contributed by atoms with van der Waals surface area (Å²) >= 11 is 0. The maximum Gasteiger partial charge on any atom is 0.317 e. The van der Waals surface area contributed by atoms with Gasteiger partial charge in [0.05, 0.1) is 27.1 Å². The van der Waals surface area contributed by atoms with Crippen LogP contribution < -0.4 is 9.47 Å². The zero-order chi connectivity index (χ0) is 19.4. The van der Waals surface area contributed by atoms with Crippen LogP contribution >= 0.6 is 0 Å². The first-order valence-corrected chi connectivity index (χ1v) is 8.75. The van der Waals surface area contributed by atoms with E-state index in [4.69, 9.17) is 18.6 Å². The number of ketones is 1. The molecule has 1 aromatic carbocycles. The molecular weight excluding hydrogens is 348 g/mol. The molecule has 0 aliphatic heterocycles. The molecule has 142 valence electrons. The predicted molar refractivity (Wildman–Crippen MR) is 98.7 cm³/mol. The van der Waals surface area contributed by atoms with Gasteiger partial charge in [-0.15, -0.1) is 0 Å². The van der Waals surface area contributed by atoms with E-state index in [0.717, 1.165) is 11.1 Å². The zero-order valence-electron chi connectivity index (χ0n) is 15.6. The zero-order valence-corrected chi connectivity index (χ0v) is 15.6. The largest absolute Gasteiger partial charge is 0.497 e. The number of esters is 1. The Labute approximate surface area is 157 Å². The highest BCUT2D eigenvalue weighted by atomic mass is 16.5. The van der Waals surface area contributed by atoms with E-state index in [1.807, 2.05) is 12.1 Å². The van der Waals surface area contributed by atoms with Crippen molar-refractivity contribution in [2.75, 3.05) is 20.8 Å². The quantitative estimate of drug-likeness (QED) is 0.571. The molecule has 2 aromatic rings. The number of hydrogen-bond acceptors (Lipinski definition) is 6. The maximum absolute atomic E-state index is 12.8. The molecule has 0 saturated heterocycles. The molecule has 0 radical (unpaired) electrons. The maximum atomic E-state index is 12.8. The van der Waals surface area contributed by atoms with Crippen molar-refractivity contribution in [2.24, 2.45) is 5.92 Å². The molecule has 27 heavy (non-hydrogen) atoms. The van der Waals surface area contributed by atoms with Crippen LogP contribution in [0.5, 0.6) is 11.5 Å². The first-order valence-electron chi connectivity index (χ1n) is 8.75. The van der Waals surface area contributed by atoms with Crippen molar-refractivity contribution in [3.8, 4) is 11.5 Å². The molecule has 2 atom stereocenters. The average molecular weight is 370 g/mol. The standard InChI is InChI=1S/C21H22O6/c1-4-26-21(23)20-16(18-6-5-9-27-18)10-13(11-17(20)22)15-8-7-14(24-2)12-19(15)25-3/h5-9,11-12,16,20H,4,10H2,1-3H3/t16-,20+/m1/s1. The van der Waals surface area contributed by atoms with E-state index in [1.165, 1.54) is 12.3 Å². The van der Waals surface area contributed by atoms with Crippen LogP contribution in [0.25, 0.3) is 5.57 Å². The molecule has 6 heteroatoms. The summed E-state index contributed by atoms with van der Waals surface area (Å²) in [5.41, 5.74) is 1.56. The Morgan fingerprint density at radius 1 is 1.22 bits per heavy atom. The van der Waals surface area contributed by atoms with Crippen LogP contribution in [0, 0.1) is 5.92 Å². The molecule has 0 N–H and O–H groups in total. The highest BCUT2D eigenvalue weighted by Crippen LogP contribution is 2.43. The summed E-state index contributed by atoms with van der Waals surface area (Å²) in [4.78, 5) is 25.2. The minimum Gasteiger partial charge on any atom is -0.497 e. The van der Waals surface area contributed by atoms with E-state index in [1.54, 1.807) is 39.3 Å². The molecule has 0 spiro atoms. The van der Waals surface area contributed by atoms with Crippen molar-refractivity contribution in [2.45, 2.75) is 19.3 Å². The minimum atomic E-state index is -0.913. The molecule has 0 unspecified atom stereocenters. The monoisotopic (exact) mass is 370 g/mol. The van der Waals surface area contributed by atoms with Crippen LogP contribution in [-0.2, 0) is 14.3 Å². The van der Waals surface area contributed by atoms with Gasteiger partial charge in [0.1, 0.15) is 23.2 Å². The van der Waals surface area contributed by atoms with E-state index in [9.17, 15) is 9.59 Å². The topological polar surface area (TPSA) is 75.0 Å². The molecule has 0 fully saturated rings. The fraction of sp³-hybridized carbons (Fsp3) is 0.333. The third-order valence-corrected chi connectivity index (χ3v) is 4.67. The Morgan fingerprint density at radius 3 is 2.67 bits per heavy atom. The highest BCUT2D eigenvalue weighted by molar-refractivity contribution is 6.10. The van der Waals surface area contributed by atoms with Crippen LogP contribution in [0.1, 0.15) is 30.6 Å². The highest BCUT2D eigenvalue weighted by Gasteiger charge is 2.41. The normalized spacial score (nSPS) is 19.4. The van der Waals surface area contributed by atoms with Gasteiger partial charge in [-0.05, 0) is 49.3 Å². The smallest absolute Gasteiger partial charge is 0.317 e. The Balaban J connectivity index is 2.03. The first-order chi connectivity index (χ1) is 13.1. The summed E-state index contributed by atoms with van der Waals surface area (Å²) < 4.78 is 21.3. The number of furan rings is 1. The summed E-state index contributed by atoms with van der Waals surface area (Å²) in [6.07, 6.45) is 3.49. The molecule has 6 nitrogen and oxygen atoms in total. The molecule has 1 aromatic heterocycles. The van der Waals surface area contributed by atoms with Gasteiger partial charge in [-0.1, -0.05) is 0 Å². The molecule has 3 rings (SSSR count). The fourth-order valence-corrected chi connectivity index (χ4v) is 3.40. The van der Waals surface area contributed by atoms with Gasteiger partial charge in [0.2, 0.25) is 0 Å². The number of rotatable bonds is 6. The molecule has 1 heterocycles. The van der Waals surface area contributed by atoms with Crippen LogP contribution in [0.3, 0.4) is 0 Å². The van der Waals surface area contributed by atoms with E-state index < -0.39 is 17.8 Å². The van der Waals surface area contributed by atoms with Crippen molar-refractivity contribution in [1.82, 2.24) is 0 Å². The summed E-state index contributed by atoms with van der Waals surface area (Å²) in [7, 11) is 3.14. The van der Waals surface area contributed by atoms with Gasteiger partial charge in [-0.2, -0.15) is 0 Å². The van der Waals surface area contributed by atoms with Crippen molar-refractivity contribution < 1.29 is 28.2 Å². The predicted octanol–water partition coefficient (Wildman–Crippen LogP) is 3.62. The molecule has 0 saturated carbocycles. The lowest BCUT2D eigenvalue weighted by molar-refractivity contribution is -0.151. The molecule has 1 aliphatic carbocycles. The third-order valence-electron chi connectivity index (χ3n) is 4.67. The van der Waals surface area contributed by atoms with Gasteiger partial charge >= 0.3 is 5.97 Å². The van der Waals surface area contributed by atoms with Crippen LogP contribution in [0.4, 0.5) is 0 Å². The number of methoxy groups -OCH3 is 2. The Morgan fingerprint density at radius 2 is 2.04 bits per heavy atom. The van der Waals surface area contributed by atoms with Crippen molar-refractivity contribution in [3.63, 3.8) is 0 Å². The Hall–Kier alpha value is -3.02.